The van der Waals surface area contributed by atoms with Gasteiger partial charge < -0.3 is 15.2 Å². The maximum atomic E-state index is 9.73. The van der Waals surface area contributed by atoms with E-state index in [9.17, 15) is 5.11 Å². The third-order valence-electron chi connectivity index (χ3n) is 2.54. The highest BCUT2D eigenvalue weighted by molar-refractivity contribution is 5.35. The molecule has 3 nitrogen and oxygen atoms in total. The Morgan fingerprint density at radius 1 is 1.29 bits per heavy atom. The molecule has 0 bridgehead atoms. The zero-order valence-corrected chi connectivity index (χ0v) is 11.2. The summed E-state index contributed by atoms with van der Waals surface area (Å²) in [5, 5.41) is 12.9. The largest absolute Gasteiger partial charge is 0.491 e. The first kappa shape index (κ1) is 14.0. The summed E-state index contributed by atoms with van der Waals surface area (Å²) in [5.74, 6) is 0.855. The molecule has 0 aliphatic carbocycles. The van der Waals surface area contributed by atoms with Crippen LogP contribution >= 0.6 is 0 Å². The number of aliphatic hydroxyl groups excluding tert-OH is 1. The number of hydrogen-bond donors (Lipinski definition) is 2. The number of aliphatic hydroxyl groups is 1. The van der Waals surface area contributed by atoms with Crippen molar-refractivity contribution in [1.29, 1.82) is 0 Å². The molecule has 17 heavy (non-hydrogen) atoms. The van der Waals surface area contributed by atoms with Crippen LogP contribution in [0.1, 0.15) is 25.0 Å². The lowest BCUT2D eigenvalue weighted by Gasteiger charge is -2.16. The summed E-state index contributed by atoms with van der Waals surface area (Å²) in [7, 11) is 0. The normalized spacial score (nSPS) is 12.8. The maximum absolute atomic E-state index is 9.73. The highest BCUT2D eigenvalue weighted by Gasteiger charge is 2.07. The summed E-state index contributed by atoms with van der Waals surface area (Å²) in [6, 6.07) is 6.46. The van der Waals surface area contributed by atoms with Gasteiger partial charge in [0.15, 0.2) is 0 Å². The third-order valence-corrected chi connectivity index (χ3v) is 2.54. The van der Waals surface area contributed by atoms with Crippen LogP contribution in [0.25, 0.3) is 0 Å². The Morgan fingerprint density at radius 2 is 2.00 bits per heavy atom. The molecule has 0 heterocycles. The quantitative estimate of drug-likeness (QED) is 0.795. The van der Waals surface area contributed by atoms with Crippen LogP contribution in [-0.4, -0.2) is 30.4 Å². The van der Waals surface area contributed by atoms with Crippen LogP contribution in [0.4, 0.5) is 0 Å². The number of ether oxygens (including phenoxy) is 1. The second-order valence-electron chi connectivity index (χ2n) is 4.80. The van der Waals surface area contributed by atoms with Gasteiger partial charge in [0, 0.05) is 12.6 Å². The van der Waals surface area contributed by atoms with Crippen LogP contribution in [0.3, 0.4) is 0 Å². The Bertz CT molecular complexity index is 350. The van der Waals surface area contributed by atoms with Gasteiger partial charge in [-0.2, -0.15) is 0 Å². The molecule has 0 aromatic heterocycles. The number of rotatable bonds is 6. The van der Waals surface area contributed by atoms with Crippen LogP contribution in [0.2, 0.25) is 0 Å². The fourth-order valence-corrected chi connectivity index (χ4v) is 1.48. The van der Waals surface area contributed by atoms with Gasteiger partial charge in [-0.25, -0.2) is 0 Å². The van der Waals surface area contributed by atoms with Crippen molar-refractivity contribution in [3.05, 3.63) is 29.3 Å². The summed E-state index contributed by atoms with van der Waals surface area (Å²) in [5.41, 5.74) is 2.26. The molecule has 0 aliphatic rings. The molecule has 1 aromatic rings. The van der Waals surface area contributed by atoms with Crippen LogP contribution in [0.5, 0.6) is 5.75 Å². The molecule has 0 saturated heterocycles. The number of aryl methyl sites for hydroxylation is 2. The van der Waals surface area contributed by atoms with Crippen molar-refractivity contribution in [1.82, 2.24) is 5.32 Å². The topological polar surface area (TPSA) is 41.5 Å². The summed E-state index contributed by atoms with van der Waals surface area (Å²) in [6.45, 7) is 9.03. The van der Waals surface area contributed by atoms with E-state index in [1.54, 1.807) is 0 Å². The van der Waals surface area contributed by atoms with Gasteiger partial charge in [-0.15, -0.1) is 0 Å². The molecule has 2 N–H and O–H groups in total. The zero-order valence-electron chi connectivity index (χ0n) is 11.2. The minimum absolute atomic E-state index is 0.323. The first-order valence-electron chi connectivity index (χ1n) is 6.10. The molecule has 1 aromatic carbocycles. The molecular weight excluding hydrogens is 214 g/mol. The Hall–Kier alpha value is -1.06. The van der Waals surface area contributed by atoms with E-state index >= 15 is 0 Å². The van der Waals surface area contributed by atoms with E-state index in [1.807, 2.05) is 26.0 Å². The third kappa shape index (κ3) is 5.20. The van der Waals surface area contributed by atoms with E-state index < -0.39 is 6.10 Å². The predicted molar refractivity (Wildman–Crippen MR) is 70.6 cm³/mol. The number of hydrogen-bond acceptors (Lipinski definition) is 3. The summed E-state index contributed by atoms with van der Waals surface area (Å²) in [6.07, 6.45) is -0.475. The molecule has 0 fully saturated rings. The lowest BCUT2D eigenvalue weighted by Crippen LogP contribution is -2.35. The van der Waals surface area contributed by atoms with Crippen molar-refractivity contribution >= 4 is 0 Å². The van der Waals surface area contributed by atoms with Crippen molar-refractivity contribution in [2.75, 3.05) is 13.2 Å². The Morgan fingerprint density at radius 3 is 2.65 bits per heavy atom. The summed E-state index contributed by atoms with van der Waals surface area (Å²) in [4.78, 5) is 0. The number of benzene rings is 1. The lowest BCUT2D eigenvalue weighted by molar-refractivity contribution is 0.104. The van der Waals surface area contributed by atoms with Crippen molar-refractivity contribution in [3.63, 3.8) is 0 Å². The van der Waals surface area contributed by atoms with Gasteiger partial charge in [-0.05, 0) is 31.0 Å². The maximum Gasteiger partial charge on any atom is 0.122 e. The molecule has 3 heteroatoms. The molecule has 0 aliphatic heterocycles. The van der Waals surface area contributed by atoms with Crippen LogP contribution in [0.15, 0.2) is 18.2 Å². The second-order valence-corrected chi connectivity index (χ2v) is 4.80. The van der Waals surface area contributed by atoms with Gasteiger partial charge in [-0.1, -0.05) is 26.0 Å². The van der Waals surface area contributed by atoms with Gasteiger partial charge in [0.1, 0.15) is 18.5 Å². The molecule has 1 rings (SSSR count). The van der Waals surface area contributed by atoms with Gasteiger partial charge in [-0.3, -0.25) is 0 Å². The molecule has 96 valence electrons. The average Bonchev–Trinajstić information content (AvgIpc) is 2.27. The molecular formula is C14H23NO2. The average molecular weight is 237 g/mol. The summed E-state index contributed by atoms with van der Waals surface area (Å²) >= 11 is 0. The zero-order chi connectivity index (χ0) is 12.8. The van der Waals surface area contributed by atoms with Gasteiger partial charge >= 0.3 is 0 Å². The Labute approximate surface area is 104 Å². The molecule has 0 radical (unpaired) electrons. The van der Waals surface area contributed by atoms with E-state index in [1.165, 1.54) is 5.56 Å². The standard InChI is InChI=1S/C14H23NO2/c1-10(2)15-8-13(16)9-17-14-7-11(3)5-6-12(14)4/h5-7,10,13,15-16H,8-9H2,1-4H3. The first-order chi connectivity index (χ1) is 7.99. The van der Waals surface area contributed by atoms with Crippen LogP contribution in [0, 0.1) is 13.8 Å². The van der Waals surface area contributed by atoms with E-state index in [0.717, 1.165) is 11.3 Å². The van der Waals surface area contributed by atoms with E-state index in [2.05, 4.69) is 25.2 Å². The fourth-order valence-electron chi connectivity index (χ4n) is 1.48. The van der Waals surface area contributed by atoms with Gasteiger partial charge in [0.25, 0.3) is 0 Å². The Kier molecular flexibility index (Phi) is 5.45. The highest BCUT2D eigenvalue weighted by Crippen LogP contribution is 2.19. The molecule has 0 amide bonds. The van der Waals surface area contributed by atoms with Gasteiger partial charge in [0.2, 0.25) is 0 Å². The lowest BCUT2D eigenvalue weighted by atomic mass is 10.1. The Balaban J connectivity index is 2.41. The molecule has 1 unspecified atom stereocenters. The molecule has 0 saturated carbocycles. The predicted octanol–water partition coefficient (Wildman–Crippen LogP) is 2.04. The van der Waals surface area contributed by atoms with Crippen molar-refractivity contribution in [2.24, 2.45) is 0 Å². The monoisotopic (exact) mass is 237 g/mol. The fraction of sp³-hybridized carbons (Fsp3) is 0.571. The summed E-state index contributed by atoms with van der Waals surface area (Å²) < 4.78 is 5.62. The van der Waals surface area contributed by atoms with Crippen molar-refractivity contribution in [3.8, 4) is 5.75 Å². The second kappa shape index (κ2) is 6.62. The van der Waals surface area contributed by atoms with E-state index in [-0.39, 0.29) is 0 Å². The molecule has 1 atom stereocenters. The minimum Gasteiger partial charge on any atom is -0.491 e. The van der Waals surface area contributed by atoms with E-state index in [0.29, 0.717) is 19.2 Å². The molecule has 0 spiro atoms. The SMILES string of the molecule is Cc1ccc(C)c(OCC(O)CNC(C)C)c1. The number of nitrogens with one attached hydrogen (secondary N) is 1. The van der Waals surface area contributed by atoms with Crippen molar-refractivity contribution in [2.45, 2.75) is 39.8 Å². The first-order valence-corrected chi connectivity index (χ1v) is 6.10. The highest BCUT2D eigenvalue weighted by atomic mass is 16.5. The van der Waals surface area contributed by atoms with E-state index in [4.69, 9.17) is 4.74 Å². The van der Waals surface area contributed by atoms with Crippen LogP contribution < -0.4 is 10.1 Å². The smallest absolute Gasteiger partial charge is 0.122 e. The van der Waals surface area contributed by atoms with Gasteiger partial charge in [0.05, 0.1) is 0 Å². The van der Waals surface area contributed by atoms with Crippen LogP contribution in [-0.2, 0) is 0 Å². The minimum atomic E-state index is -0.475. The van der Waals surface area contributed by atoms with Crippen molar-refractivity contribution < 1.29 is 9.84 Å².